The molecular formula is C22H24N4O3S2. The fourth-order valence-corrected chi connectivity index (χ4v) is 5.67. The lowest BCUT2D eigenvalue weighted by Crippen LogP contribution is -2.34. The van der Waals surface area contributed by atoms with E-state index < -0.39 is 10.0 Å². The number of anilines is 1. The van der Waals surface area contributed by atoms with Crippen molar-refractivity contribution in [2.45, 2.75) is 31.8 Å². The number of sulfonamides is 1. The molecule has 1 aliphatic heterocycles. The van der Waals surface area contributed by atoms with Crippen molar-refractivity contribution in [2.24, 2.45) is 0 Å². The molecule has 0 aliphatic carbocycles. The molecular weight excluding hydrogens is 432 g/mol. The molecule has 7 nitrogen and oxygen atoms in total. The first kappa shape index (κ1) is 21.6. The lowest BCUT2D eigenvalue weighted by molar-refractivity contribution is 0.102. The van der Waals surface area contributed by atoms with Gasteiger partial charge in [0.05, 0.1) is 23.4 Å². The predicted octanol–water partition coefficient (Wildman–Crippen LogP) is 3.57. The first-order chi connectivity index (χ1) is 14.7. The van der Waals surface area contributed by atoms with Gasteiger partial charge in [-0.1, -0.05) is 29.5 Å². The van der Waals surface area contributed by atoms with E-state index in [1.54, 1.807) is 18.5 Å². The Hall–Kier alpha value is -2.65. The third kappa shape index (κ3) is 4.52. The molecule has 0 N–H and O–H groups in total. The summed E-state index contributed by atoms with van der Waals surface area (Å²) in [7, 11) is -3.32. The molecule has 0 saturated heterocycles. The maximum atomic E-state index is 12.9. The minimum absolute atomic E-state index is 0.0283. The van der Waals surface area contributed by atoms with Gasteiger partial charge in [0.15, 0.2) is 10.9 Å². The number of aromatic nitrogens is 3. The Labute approximate surface area is 186 Å². The summed E-state index contributed by atoms with van der Waals surface area (Å²) in [5.41, 5.74) is 5.43. The second-order valence-electron chi connectivity index (χ2n) is 7.77. The molecule has 0 fully saturated rings. The summed E-state index contributed by atoms with van der Waals surface area (Å²) in [5, 5.41) is 8.85. The normalized spacial score (nSPS) is 13.8. The van der Waals surface area contributed by atoms with Crippen molar-refractivity contribution in [1.29, 1.82) is 0 Å². The van der Waals surface area contributed by atoms with Crippen LogP contribution in [0.4, 0.5) is 5.69 Å². The van der Waals surface area contributed by atoms with E-state index in [4.69, 9.17) is 0 Å². The summed E-state index contributed by atoms with van der Waals surface area (Å²) in [5.74, 6) is 0.192. The number of rotatable bonds is 6. The van der Waals surface area contributed by atoms with Crippen LogP contribution in [0.5, 0.6) is 0 Å². The van der Waals surface area contributed by atoms with Crippen LogP contribution in [0.1, 0.15) is 33.5 Å². The van der Waals surface area contributed by atoms with Crippen LogP contribution >= 0.6 is 11.8 Å². The van der Waals surface area contributed by atoms with Gasteiger partial charge in [-0.3, -0.25) is 13.7 Å². The Morgan fingerprint density at radius 1 is 1.13 bits per heavy atom. The maximum absolute atomic E-state index is 12.9. The highest BCUT2D eigenvalue weighted by molar-refractivity contribution is 7.99. The topological polar surface area (TPSA) is 85.2 Å². The van der Waals surface area contributed by atoms with Crippen molar-refractivity contribution in [3.63, 3.8) is 0 Å². The summed E-state index contributed by atoms with van der Waals surface area (Å²) in [4.78, 5) is 12.9. The molecule has 1 aromatic heterocycles. The molecule has 0 amide bonds. The summed E-state index contributed by atoms with van der Waals surface area (Å²) < 4.78 is 27.4. The van der Waals surface area contributed by atoms with Gasteiger partial charge in [0, 0.05) is 12.1 Å². The fourth-order valence-electron chi connectivity index (χ4n) is 3.86. The number of thioether (sulfide) groups is 1. The van der Waals surface area contributed by atoms with Crippen LogP contribution < -0.4 is 4.31 Å². The molecule has 2 heterocycles. The van der Waals surface area contributed by atoms with E-state index in [1.807, 2.05) is 36.6 Å². The molecule has 0 unspecified atom stereocenters. The molecule has 0 atom stereocenters. The molecule has 0 bridgehead atoms. The van der Waals surface area contributed by atoms with Gasteiger partial charge in [0.25, 0.3) is 0 Å². The molecule has 31 heavy (non-hydrogen) atoms. The number of ketones is 1. The third-order valence-electron chi connectivity index (χ3n) is 5.34. The fraction of sp³-hybridized carbons (Fsp3) is 0.318. The first-order valence-electron chi connectivity index (χ1n) is 9.98. The summed E-state index contributed by atoms with van der Waals surface area (Å²) in [6.45, 7) is 4.56. The number of nitrogens with zero attached hydrogens (tertiary/aromatic N) is 4. The molecule has 0 spiro atoms. The molecule has 1 aliphatic rings. The highest BCUT2D eigenvalue weighted by atomic mass is 32.2. The highest BCUT2D eigenvalue weighted by Crippen LogP contribution is 2.30. The molecule has 0 radical (unpaired) electrons. The average molecular weight is 457 g/mol. The Morgan fingerprint density at radius 3 is 2.65 bits per heavy atom. The van der Waals surface area contributed by atoms with Gasteiger partial charge >= 0.3 is 0 Å². The second-order valence-corrected chi connectivity index (χ2v) is 10.6. The number of hydrogen-bond donors (Lipinski definition) is 0. The highest BCUT2D eigenvalue weighted by Gasteiger charge is 2.24. The van der Waals surface area contributed by atoms with Gasteiger partial charge in [-0.2, -0.15) is 0 Å². The average Bonchev–Trinajstić information content (AvgIpc) is 3.18. The van der Waals surface area contributed by atoms with Crippen LogP contribution in [-0.4, -0.2) is 47.5 Å². The Balaban J connectivity index is 1.51. The van der Waals surface area contributed by atoms with E-state index in [1.165, 1.54) is 27.9 Å². The van der Waals surface area contributed by atoms with E-state index in [-0.39, 0.29) is 11.5 Å². The maximum Gasteiger partial charge on any atom is 0.232 e. The molecule has 0 saturated carbocycles. The van der Waals surface area contributed by atoms with Crippen LogP contribution in [0, 0.1) is 13.8 Å². The quantitative estimate of drug-likeness (QED) is 0.416. The molecule has 9 heteroatoms. The van der Waals surface area contributed by atoms with Crippen molar-refractivity contribution >= 4 is 33.3 Å². The third-order valence-corrected chi connectivity index (χ3v) is 7.46. The molecule has 2 aromatic carbocycles. The monoisotopic (exact) mass is 456 g/mol. The number of fused-ring (bicyclic) bond motifs is 1. The van der Waals surface area contributed by atoms with Crippen LogP contribution in [0.2, 0.25) is 0 Å². The molecule has 4 rings (SSSR count). The van der Waals surface area contributed by atoms with Crippen molar-refractivity contribution in [1.82, 2.24) is 14.8 Å². The lowest BCUT2D eigenvalue weighted by Gasteiger charge is -2.29. The zero-order valence-electron chi connectivity index (χ0n) is 17.7. The number of hydrogen-bond acceptors (Lipinski definition) is 6. The van der Waals surface area contributed by atoms with Crippen LogP contribution in [0.3, 0.4) is 0 Å². The van der Waals surface area contributed by atoms with Crippen molar-refractivity contribution < 1.29 is 13.2 Å². The van der Waals surface area contributed by atoms with E-state index in [0.717, 1.165) is 29.7 Å². The van der Waals surface area contributed by atoms with Crippen LogP contribution in [-0.2, 0) is 16.4 Å². The minimum atomic E-state index is -3.32. The van der Waals surface area contributed by atoms with Gasteiger partial charge in [0.2, 0.25) is 10.0 Å². The first-order valence-corrected chi connectivity index (χ1v) is 12.8. The summed E-state index contributed by atoms with van der Waals surface area (Å²) in [6.07, 6.45) is 4.37. The minimum Gasteiger partial charge on any atom is -0.293 e. The van der Waals surface area contributed by atoms with E-state index >= 15 is 0 Å². The van der Waals surface area contributed by atoms with Crippen LogP contribution in [0.25, 0.3) is 5.69 Å². The zero-order chi connectivity index (χ0) is 22.2. The van der Waals surface area contributed by atoms with Crippen molar-refractivity contribution in [3.05, 3.63) is 65.0 Å². The Kier molecular flexibility index (Phi) is 5.90. The van der Waals surface area contributed by atoms with Gasteiger partial charge in [-0.25, -0.2) is 8.42 Å². The Bertz CT molecular complexity index is 1250. The van der Waals surface area contributed by atoms with E-state index in [0.29, 0.717) is 23.0 Å². The number of aryl methyl sites for hydroxylation is 3. The van der Waals surface area contributed by atoms with E-state index in [2.05, 4.69) is 16.3 Å². The summed E-state index contributed by atoms with van der Waals surface area (Å²) >= 11 is 1.34. The number of carbonyl (C=O) groups excluding carboxylic acids is 1. The van der Waals surface area contributed by atoms with Crippen LogP contribution in [0.15, 0.2) is 47.9 Å². The zero-order valence-corrected chi connectivity index (χ0v) is 19.3. The predicted molar refractivity (Wildman–Crippen MR) is 123 cm³/mol. The number of carbonyl (C=O) groups is 1. The van der Waals surface area contributed by atoms with Crippen molar-refractivity contribution in [2.75, 3.05) is 22.9 Å². The second kappa shape index (κ2) is 8.47. The van der Waals surface area contributed by atoms with Gasteiger partial charge in [-0.15, -0.1) is 10.2 Å². The largest absolute Gasteiger partial charge is 0.293 e. The standard InChI is InChI=1S/C22H24N4O3S2/c1-15-6-8-19(16(2)11-15)25-14-23-24-22(25)30-13-21(27)18-7-9-20-17(12-18)5-4-10-26(20)31(3,28)29/h6-9,11-12,14H,4-5,10,13H2,1-3H3. The molecule has 3 aromatic rings. The smallest absolute Gasteiger partial charge is 0.232 e. The lowest BCUT2D eigenvalue weighted by atomic mass is 9.99. The number of benzene rings is 2. The Morgan fingerprint density at radius 2 is 1.90 bits per heavy atom. The number of Topliss-reactive ketones (excluding diaryl/α,β-unsaturated/α-hetero) is 1. The van der Waals surface area contributed by atoms with Gasteiger partial charge in [0.1, 0.15) is 6.33 Å². The summed E-state index contributed by atoms with van der Waals surface area (Å²) in [6, 6.07) is 11.4. The molecule has 162 valence electrons. The van der Waals surface area contributed by atoms with Crippen molar-refractivity contribution in [3.8, 4) is 5.69 Å². The van der Waals surface area contributed by atoms with Gasteiger partial charge < -0.3 is 0 Å². The van der Waals surface area contributed by atoms with Gasteiger partial charge in [-0.05, 0) is 62.1 Å². The SMILES string of the molecule is Cc1ccc(-n2cnnc2SCC(=O)c2ccc3c(c2)CCCN3S(C)(=O)=O)c(C)c1. The van der Waals surface area contributed by atoms with E-state index in [9.17, 15) is 13.2 Å².